The third kappa shape index (κ3) is 8.92. The van der Waals surface area contributed by atoms with Gasteiger partial charge in [0.05, 0.1) is 18.9 Å². The van der Waals surface area contributed by atoms with Crippen LogP contribution in [-0.4, -0.2) is 94.6 Å². The number of ketones is 2. The van der Waals surface area contributed by atoms with E-state index < -0.39 is 126 Å². The summed E-state index contributed by atoms with van der Waals surface area (Å²) in [5.41, 5.74) is -0.870. The molecule has 322 valence electrons. The second kappa shape index (κ2) is 18.2. The number of aliphatic hydroxyl groups excluding tert-OH is 1. The van der Waals surface area contributed by atoms with Gasteiger partial charge in [0.15, 0.2) is 18.1 Å². The molecule has 0 radical (unpaired) electrons. The lowest BCUT2D eigenvalue weighted by atomic mass is 9.44. The molecule has 3 unspecified atom stereocenters. The molecule has 0 aromatic heterocycles. The highest BCUT2D eigenvalue weighted by Crippen LogP contribution is 2.70. The molecule has 3 saturated carbocycles. The number of hydrogen-bond donors (Lipinski definition) is 4. The number of alkyl halides is 1. The van der Waals surface area contributed by atoms with Gasteiger partial charge in [-0.1, -0.05) is 58.4 Å². The molecule has 11 atom stereocenters. The highest BCUT2D eigenvalue weighted by atomic mass is 19.1. The first-order valence-electron chi connectivity index (χ1n) is 20.0. The van der Waals surface area contributed by atoms with Gasteiger partial charge in [-0.2, -0.15) is 0 Å². The van der Waals surface area contributed by atoms with E-state index in [1.807, 2.05) is 13.0 Å². The monoisotopic (exact) mass is 818 g/mol. The molecule has 0 aromatic carbocycles. The summed E-state index contributed by atoms with van der Waals surface area (Å²) in [5, 5.41) is 26.3. The van der Waals surface area contributed by atoms with Crippen LogP contribution < -0.4 is 11.1 Å². The normalized spacial score (nSPS) is 32.8. The Balaban J connectivity index is 1.29. The summed E-state index contributed by atoms with van der Waals surface area (Å²) < 4.78 is 37.7. The fraction of sp³-hybridized carbons (Fsp3) is 0.690. The highest BCUT2D eigenvalue weighted by molar-refractivity contribution is 6.01. The van der Waals surface area contributed by atoms with Gasteiger partial charge in [0.1, 0.15) is 17.7 Å². The second-order valence-electron chi connectivity index (χ2n) is 17.1. The maximum Gasteiger partial charge on any atom is 0.511 e. The average molecular weight is 819 g/mol. The first-order chi connectivity index (χ1) is 27.1. The van der Waals surface area contributed by atoms with E-state index in [2.05, 4.69) is 5.32 Å². The van der Waals surface area contributed by atoms with Crippen LogP contribution in [0.1, 0.15) is 99.8 Å². The third-order valence-corrected chi connectivity index (χ3v) is 13.2. The van der Waals surface area contributed by atoms with Crippen molar-refractivity contribution in [3.05, 3.63) is 36.0 Å². The molecule has 5 N–H and O–H groups in total. The lowest BCUT2D eigenvalue weighted by Gasteiger charge is -2.62. The van der Waals surface area contributed by atoms with Crippen molar-refractivity contribution in [2.24, 2.45) is 46.2 Å². The van der Waals surface area contributed by atoms with Crippen molar-refractivity contribution < 1.29 is 67.1 Å². The quantitative estimate of drug-likeness (QED) is 0.0707. The van der Waals surface area contributed by atoms with Crippen LogP contribution >= 0.6 is 0 Å². The third-order valence-electron chi connectivity index (χ3n) is 13.2. The van der Waals surface area contributed by atoms with Crippen LogP contribution in [0.5, 0.6) is 0 Å². The van der Waals surface area contributed by atoms with Gasteiger partial charge in [-0.15, -0.1) is 0 Å². The number of esters is 2. The molecule has 0 spiro atoms. The Labute approximate surface area is 338 Å². The lowest BCUT2D eigenvalue weighted by Crippen LogP contribution is -2.69. The number of rotatable bonds is 17. The largest absolute Gasteiger partial charge is 0.511 e. The Kier molecular flexibility index (Phi) is 14.5. The Morgan fingerprint density at radius 1 is 1.07 bits per heavy atom. The number of aliphatic hydroxyl groups is 2. The number of hydrogen-bond acceptors (Lipinski definition) is 13. The summed E-state index contributed by atoms with van der Waals surface area (Å²) in [7, 11) is 0. The van der Waals surface area contributed by atoms with Crippen molar-refractivity contribution in [3.63, 3.8) is 0 Å². The number of carbonyl (C=O) groups excluding carboxylic acids is 7. The Morgan fingerprint density at radius 2 is 1.76 bits per heavy atom. The van der Waals surface area contributed by atoms with Gasteiger partial charge < -0.3 is 40.2 Å². The number of nitrogens with one attached hydrogen (secondary N) is 1. The van der Waals surface area contributed by atoms with Crippen molar-refractivity contribution in [1.29, 1.82) is 0 Å². The average Bonchev–Trinajstić information content (AvgIpc) is 3.35. The molecule has 2 amide bonds. The van der Waals surface area contributed by atoms with Crippen LogP contribution in [-0.2, 0) is 47.7 Å². The molecular formula is C42H59FN2O13. The first kappa shape index (κ1) is 46.3. The van der Waals surface area contributed by atoms with Crippen molar-refractivity contribution in [2.45, 2.75) is 129 Å². The smallest absolute Gasteiger partial charge is 0.456 e. The fourth-order valence-electron chi connectivity index (χ4n) is 9.87. The standard InChI is InChI=1S/C42H59FN2O13/c1-8-9-10-24(4)30(19-33(44)49)58-38(53)57-22-56-35(51)14-13-34(50)45-36(23(2)3)37(52)55-21-32(48)42(54)25(5)17-29-28-12-11-26-18-27(46)15-16-39(26,6)41(28,43)31(47)20-40(29,42)7/h8-9,15-16,18,23-25,28-31,36,47,54H,10-14,17,19-22H2,1-7H3,(H2,44,49)(H,45,50)/b9-8+/t24-,25-,28?,29?,30+,31+,36?,39+,40+,41+,42+/m1/s1. The molecule has 0 aromatic rings. The van der Waals surface area contributed by atoms with Crippen LogP contribution in [0, 0.1) is 40.4 Å². The van der Waals surface area contributed by atoms with Gasteiger partial charge in [-0.05, 0) is 81.8 Å². The molecule has 0 aliphatic heterocycles. The zero-order chi connectivity index (χ0) is 43.4. The number of primary amides is 1. The van der Waals surface area contributed by atoms with Crippen molar-refractivity contribution in [1.82, 2.24) is 5.32 Å². The lowest BCUT2D eigenvalue weighted by molar-refractivity contribution is -0.220. The molecule has 4 aliphatic rings. The van der Waals surface area contributed by atoms with Crippen molar-refractivity contribution >= 4 is 41.5 Å². The number of nitrogens with two attached hydrogens (primary N) is 1. The molecule has 0 bridgehead atoms. The summed E-state index contributed by atoms with van der Waals surface area (Å²) in [6, 6.07) is -1.23. The maximum absolute atomic E-state index is 17.5. The maximum atomic E-state index is 17.5. The summed E-state index contributed by atoms with van der Waals surface area (Å²) >= 11 is 0. The number of allylic oxidation sites excluding steroid dienone is 6. The number of ether oxygens (including phenoxy) is 4. The Morgan fingerprint density at radius 3 is 2.40 bits per heavy atom. The van der Waals surface area contributed by atoms with E-state index in [9.17, 15) is 43.8 Å². The number of halogens is 1. The Bertz CT molecular complexity index is 1730. The molecule has 3 fully saturated rings. The van der Waals surface area contributed by atoms with Gasteiger partial charge in [0.25, 0.3) is 0 Å². The van der Waals surface area contributed by atoms with Crippen molar-refractivity contribution in [3.8, 4) is 0 Å². The van der Waals surface area contributed by atoms with E-state index in [1.165, 1.54) is 18.2 Å². The zero-order valence-corrected chi connectivity index (χ0v) is 34.4. The van der Waals surface area contributed by atoms with Gasteiger partial charge in [0, 0.05) is 23.2 Å². The van der Waals surface area contributed by atoms with Crippen LogP contribution in [0.4, 0.5) is 9.18 Å². The number of fused-ring (bicyclic) bond motifs is 5. The molecule has 4 aliphatic carbocycles. The first-order valence-corrected chi connectivity index (χ1v) is 20.0. The van der Waals surface area contributed by atoms with Gasteiger partial charge >= 0.3 is 18.1 Å². The van der Waals surface area contributed by atoms with E-state index in [4.69, 9.17) is 24.7 Å². The predicted octanol–water partition coefficient (Wildman–Crippen LogP) is 3.87. The molecule has 0 saturated heterocycles. The van der Waals surface area contributed by atoms with Gasteiger partial charge in [0.2, 0.25) is 24.4 Å². The van der Waals surface area contributed by atoms with E-state index >= 15 is 4.39 Å². The zero-order valence-electron chi connectivity index (χ0n) is 34.4. The number of carbonyl (C=O) groups is 7. The minimum atomic E-state index is -2.15. The van der Waals surface area contributed by atoms with E-state index in [1.54, 1.807) is 47.6 Å². The summed E-state index contributed by atoms with van der Waals surface area (Å²) in [6.07, 6.45) is 4.48. The van der Waals surface area contributed by atoms with Crippen LogP contribution in [0.2, 0.25) is 0 Å². The van der Waals surface area contributed by atoms with E-state index in [0.29, 0.717) is 24.8 Å². The van der Waals surface area contributed by atoms with Crippen LogP contribution in [0.15, 0.2) is 36.0 Å². The molecule has 58 heavy (non-hydrogen) atoms. The number of amides is 2. The molecule has 16 heteroatoms. The van der Waals surface area contributed by atoms with Gasteiger partial charge in [-0.25, -0.2) is 14.0 Å². The minimum absolute atomic E-state index is 0.234. The number of Topliss-reactive ketones (excluding diaryl/α,β-unsaturated/α-hetero) is 1. The summed E-state index contributed by atoms with van der Waals surface area (Å²) in [5.74, 6) is -7.00. The highest BCUT2D eigenvalue weighted by Gasteiger charge is 2.75. The minimum Gasteiger partial charge on any atom is -0.456 e. The van der Waals surface area contributed by atoms with E-state index in [-0.39, 0.29) is 31.0 Å². The van der Waals surface area contributed by atoms with Gasteiger partial charge in [-0.3, -0.25) is 24.0 Å². The SMILES string of the molecule is C/C=C/C[C@@H](C)[C@H](CC(N)=O)OC(=O)OCOC(=O)CCC(=O)NC(C(=O)OCC(=O)[C@@]1(O)[C@H](C)CC2C3CCC4=CC(=O)C=C[C@]4(C)[C@@]3(F)[C@@H](O)C[C@@]21C)C(C)C. The predicted molar refractivity (Wildman–Crippen MR) is 205 cm³/mol. The molecule has 15 nitrogen and oxygen atoms in total. The Hall–Kier alpha value is -4.44. The molecule has 0 heterocycles. The second-order valence-corrected chi connectivity index (χ2v) is 17.1. The summed E-state index contributed by atoms with van der Waals surface area (Å²) in [6.45, 7) is 10.2. The van der Waals surface area contributed by atoms with Crippen molar-refractivity contribution in [2.75, 3.05) is 13.4 Å². The topological polar surface area (TPSA) is 235 Å². The van der Waals surface area contributed by atoms with Crippen LogP contribution in [0.25, 0.3) is 0 Å². The van der Waals surface area contributed by atoms with Crippen LogP contribution in [0.3, 0.4) is 0 Å². The van der Waals surface area contributed by atoms with E-state index in [0.717, 1.165) is 0 Å². The molecular weight excluding hydrogens is 759 g/mol. The molecule has 4 rings (SSSR count). The fourth-order valence-corrected chi connectivity index (χ4v) is 9.87. The summed E-state index contributed by atoms with van der Waals surface area (Å²) in [4.78, 5) is 87.9.